The Morgan fingerprint density at radius 3 is 2.38 bits per heavy atom. The van der Waals surface area contributed by atoms with Gasteiger partial charge in [0, 0.05) is 31.7 Å². The molecule has 8 nitrogen and oxygen atoms in total. The molecule has 0 radical (unpaired) electrons. The summed E-state index contributed by atoms with van der Waals surface area (Å²) in [5, 5.41) is 18.8. The number of hydrazine groups is 1. The summed E-state index contributed by atoms with van der Waals surface area (Å²) in [5.74, 6) is -0.431. The zero-order valence-corrected chi connectivity index (χ0v) is 24.1. The van der Waals surface area contributed by atoms with Gasteiger partial charge in [0.1, 0.15) is 23.9 Å². The van der Waals surface area contributed by atoms with Gasteiger partial charge in [-0.3, -0.25) is 4.79 Å². The fourth-order valence-electron chi connectivity index (χ4n) is 5.01. The first-order valence-corrected chi connectivity index (χ1v) is 14.8. The molecule has 224 valence electrons. The molecule has 0 aromatic heterocycles. The summed E-state index contributed by atoms with van der Waals surface area (Å²) in [7, 11) is 0. The number of phenolic OH excluding ortho intramolecular Hbond substituents is 1. The van der Waals surface area contributed by atoms with Crippen molar-refractivity contribution in [3.05, 3.63) is 84.2 Å². The number of carbonyl (C=O) groups is 2. The van der Waals surface area contributed by atoms with Gasteiger partial charge >= 0.3 is 6.09 Å². The largest absolute Gasteiger partial charge is 0.508 e. The van der Waals surface area contributed by atoms with E-state index in [1.54, 1.807) is 24.3 Å². The highest BCUT2D eigenvalue weighted by molar-refractivity contribution is 5.93. The monoisotopic (exact) mass is 576 g/mol. The van der Waals surface area contributed by atoms with E-state index in [-0.39, 0.29) is 30.4 Å². The molecule has 1 saturated heterocycles. The van der Waals surface area contributed by atoms with Crippen LogP contribution in [0, 0.1) is 5.82 Å². The molecule has 0 unspecified atom stereocenters. The molecule has 0 aliphatic carbocycles. The molecular weight excluding hydrogens is 535 g/mol. The van der Waals surface area contributed by atoms with Gasteiger partial charge < -0.3 is 20.5 Å². The van der Waals surface area contributed by atoms with Crippen LogP contribution in [0.25, 0.3) is 11.1 Å². The predicted octanol–water partition coefficient (Wildman–Crippen LogP) is 6.01. The SMILES string of the molecule is O=C(CCOC(=O)N(c1c(F)cccc1-c1ccccc1)N1CCCCC1)NCCCCCNCc1ccc(O)cc1. The quantitative estimate of drug-likeness (QED) is 0.204. The van der Waals surface area contributed by atoms with Crippen molar-refractivity contribution >= 4 is 17.7 Å². The topological polar surface area (TPSA) is 94.1 Å². The molecule has 0 atom stereocenters. The number of anilines is 1. The van der Waals surface area contributed by atoms with Crippen molar-refractivity contribution < 1.29 is 23.8 Å². The number of rotatable bonds is 14. The third-order valence-corrected chi connectivity index (χ3v) is 7.24. The molecule has 3 N–H and O–H groups in total. The van der Waals surface area contributed by atoms with E-state index >= 15 is 4.39 Å². The number of hydrogen-bond donors (Lipinski definition) is 3. The lowest BCUT2D eigenvalue weighted by molar-refractivity contribution is -0.121. The highest BCUT2D eigenvalue weighted by Crippen LogP contribution is 2.35. The summed E-state index contributed by atoms with van der Waals surface area (Å²) in [4.78, 5) is 25.8. The number of amides is 2. The Morgan fingerprint density at radius 2 is 1.62 bits per heavy atom. The summed E-state index contributed by atoms with van der Waals surface area (Å²) in [5.41, 5.74) is 2.68. The smallest absolute Gasteiger partial charge is 0.429 e. The van der Waals surface area contributed by atoms with Crippen LogP contribution >= 0.6 is 0 Å². The number of carbonyl (C=O) groups excluding carboxylic acids is 2. The van der Waals surface area contributed by atoms with E-state index in [2.05, 4.69) is 10.6 Å². The molecule has 1 aliphatic heterocycles. The second-order valence-electron chi connectivity index (χ2n) is 10.4. The second-order valence-corrected chi connectivity index (χ2v) is 10.4. The average molecular weight is 577 g/mol. The van der Waals surface area contributed by atoms with Crippen molar-refractivity contribution in [3.63, 3.8) is 0 Å². The van der Waals surface area contributed by atoms with Crippen LogP contribution < -0.4 is 15.6 Å². The molecule has 1 heterocycles. The van der Waals surface area contributed by atoms with Crippen LogP contribution in [-0.4, -0.2) is 54.9 Å². The number of hydrogen-bond acceptors (Lipinski definition) is 6. The standard InChI is InChI=1S/C33H41FN4O4/c34-30-14-10-13-29(27-11-4-1-5-12-27)32(30)38(37-22-8-3-9-23-37)33(41)42-24-19-31(40)36-21-7-2-6-20-35-25-26-15-17-28(39)18-16-26/h1,4-5,10-18,35,39H,2-3,6-9,19-25H2,(H,36,40). The summed E-state index contributed by atoms with van der Waals surface area (Å²) in [6.07, 6.45) is 5.01. The maximum absolute atomic E-state index is 15.4. The minimum atomic E-state index is -0.688. The van der Waals surface area contributed by atoms with Crippen molar-refractivity contribution in [2.75, 3.05) is 37.8 Å². The highest BCUT2D eigenvalue weighted by Gasteiger charge is 2.31. The summed E-state index contributed by atoms with van der Waals surface area (Å²) in [6, 6.07) is 21.3. The van der Waals surface area contributed by atoms with Crippen molar-refractivity contribution in [1.29, 1.82) is 0 Å². The fourth-order valence-corrected chi connectivity index (χ4v) is 5.01. The Labute approximate surface area is 247 Å². The maximum atomic E-state index is 15.4. The molecule has 1 fully saturated rings. The zero-order valence-electron chi connectivity index (χ0n) is 24.1. The van der Waals surface area contributed by atoms with Gasteiger partial charge in [-0.1, -0.05) is 67.4 Å². The Balaban J connectivity index is 1.22. The van der Waals surface area contributed by atoms with Crippen LogP contribution in [-0.2, 0) is 16.1 Å². The highest BCUT2D eigenvalue weighted by atomic mass is 19.1. The molecule has 0 spiro atoms. The first kappa shape index (κ1) is 31.0. The number of aromatic hydroxyl groups is 1. The number of benzene rings is 3. The lowest BCUT2D eigenvalue weighted by atomic mass is 10.0. The third kappa shape index (κ3) is 9.29. The number of piperidine rings is 1. The normalized spacial score (nSPS) is 13.5. The Bertz CT molecular complexity index is 1270. The van der Waals surface area contributed by atoms with E-state index in [9.17, 15) is 14.7 Å². The van der Waals surface area contributed by atoms with Crippen molar-refractivity contribution in [3.8, 4) is 16.9 Å². The first-order valence-electron chi connectivity index (χ1n) is 14.8. The minimum Gasteiger partial charge on any atom is -0.508 e. The van der Waals surface area contributed by atoms with Gasteiger partial charge in [-0.15, -0.1) is 0 Å². The second kappa shape index (κ2) is 16.5. The zero-order chi connectivity index (χ0) is 29.6. The Hall–Kier alpha value is -3.95. The van der Waals surface area contributed by atoms with Gasteiger partial charge in [0.05, 0.1) is 6.42 Å². The van der Waals surface area contributed by atoms with Crippen molar-refractivity contribution in [1.82, 2.24) is 15.6 Å². The molecule has 42 heavy (non-hydrogen) atoms. The van der Waals surface area contributed by atoms with E-state index < -0.39 is 11.9 Å². The third-order valence-electron chi connectivity index (χ3n) is 7.24. The van der Waals surface area contributed by atoms with Gasteiger partial charge in [0.25, 0.3) is 0 Å². The minimum absolute atomic E-state index is 0.0383. The fraction of sp³-hybridized carbons (Fsp3) is 0.394. The van der Waals surface area contributed by atoms with E-state index in [0.717, 1.165) is 62.7 Å². The molecule has 3 aromatic carbocycles. The van der Waals surface area contributed by atoms with Crippen LogP contribution in [0.1, 0.15) is 50.5 Å². The van der Waals surface area contributed by atoms with Crippen LogP contribution in [0.4, 0.5) is 14.9 Å². The number of unbranched alkanes of at least 4 members (excludes halogenated alkanes) is 2. The van der Waals surface area contributed by atoms with Gasteiger partial charge in [0.15, 0.2) is 0 Å². The van der Waals surface area contributed by atoms with Gasteiger partial charge in [-0.25, -0.2) is 19.2 Å². The number of nitrogens with zero attached hydrogens (tertiary/aromatic N) is 2. The molecule has 4 rings (SSSR count). The number of halogens is 1. The molecule has 1 aliphatic rings. The Kier molecular flexibility index (Phi) is 12.2. The summed E-state index contributed by atoms with van der Waals surface area (Å²) in [6.45, 7) is 3.31. The lowest BCUT2D eigenvalue weighted by Gasteiger charge is -2.37. The number of nitrogens with one attached hydrogen (secondary N) is 2. The molecule has 9 heteroatoms. The van der Waals surface area contributed by atoms with Gasteiger partial charge in [-0.2, -0.15) is 0 Å². The van der Waals surface area contributed by atoms with Crippen molar-refractivity contribution in [2.24, 2.45) is 0 Å². The lowest BCUT2D eigenvalue weighted by Crippen LogP contribution is -2.50. The predicted molar refractivity (Wildman–Crippen MR) is 162 cm³/mol. The molecule has 0 bridgehead atoms. The van der Waals surface area contributed by atoms with E-state index in [1.165, 1.54) is 11.1 Å². The number of phenols is 1. The van der Waals surface area contributed by atoms with Gasteiger partial charge in [-0.05, 0) is 61.6 Å². The summed E-state index contributed by atoms with van der Waals surface area (Å²) < 4.78 is 20.9. The van der Waals surface area contributed by atoms with E-state index in [4.69, 9.17) is 4.74 Å². The molecule has 2 amide bonds. The first-order chi connectivity index (χ1) is 20.5. The number of para-hydroxylation sites is 1. The van der Waals surface area contributed by atoms with E-state index in [1.807, 2.05) is 47.5 Å². The molecular formula is C33H41FN4O4. The van der Waals surface area contributed by atoms with Crippen LogP contribution in [0.3, 0.4) is 0 Å². The average Bonchev–Trinajstić information content (AvgIpc) is 3.01. The Morgan fingerprint density at radius 1 is 0.881 bits per heavy atom. The van der Waals surface area contributed by atoms with Crippen LogP contribution in [0.5, 0.6) is 5.75 Å². The van der Waals surface area contributed by atoms with Crippen LogP contribution in [0.2, 0.25) is 0 Å². The van der Waals surface area contributed by atoms with Gasteiger partial charge in [0.2, 0.25) is 5.91 Å². The van der Waals surface area contributed by atoms with E-state index in [0.29, 0.717) is 25.2 Å². The summed E-state index contributed by atoms with van der Waals surface area (Å²) >= 11 is 0. The number of ether oxygens (including phenoxy) is 1. The van der Waals surface area contributed by atoms with Crippen molar-refractivity contribution in [2.45, 2.75) is 51.5 Å². The molecule has 0 saturated carbocycles. The maximum Gasteiger partial charge on any atom is 0.429 e. The van der Waals surface area contributed by atoms with Crippen LogP contribution in [0.15, 0.2) is 72.8 Å². The molecule has 3 aromatic rings.